The van der Waals surface area contributed by atoms with Crippen molar-refractivity contribution in [3.8, 4) is 11.8 Å². The first-order valence-corrected chi connectivity index (χ1v) is 6.37. The predicted octanol–water partition coefficient (Wildman–Crippen LogP) is 3.21. The molecule has 1 aromatic heterocycles. The number of carboxylic acids is 1. The summed E-state index contributed by atoms with van der Waals surface area (Å²) < 4.78 is 5.52. The number of aromatic carboxylic acids is 1. The molecule has 96 valence electrons. The van der Waals surface area contributed by atoms with Crippen molar-refractivity contribution in [3.05, 3.63) is 51.2 Å². The van der Waals surface area contributed by atoms with Crippen molar-refractivity contribution in [1.29, 1.82) is 5.26 Å². The monoisotopic (exact) mass is 273 g/mol. The van der Waals surface area contributed by atoms with E-state index in [9.17, 15) is 4.79 Å². The van der Waals surface area contributed by atoms with E-state index < -0.39 is 5.97 Å². The van der Waals surface area contributed by atoms with Crippen molar-refractivity contribution in [2.24, 2.45) is 0 Å². The molecule has 0 saturated carbocycles. The molecule has 2 aromatic rings. The molecule has 0 atom stereocenters. The van der Waals surface area contributed by atoms with Gasteiger partial charge in [0, 0.05) is 4.88 Å². The number of ether oxygens (including phenoxy) is 1. The van der Waals surface area contributed by atoms with Gasteiger partial charge in [-0.2, -0.15) is 5.26 Å². The number of thiophene rings is 1. The summed E-state index contributed by atoms with van der Waals surface area (Å²) in [6.45, 7) is 2.08. The molecule has 0 spiro atoms. The highest BCUT2D eigenvalue weighted by molar-refractivity contribution is 7.14. The minimum absolute atomic E-state index is 0.203. The van der Waals surface area contributed by atoms with Gasteiger partial charge in [0.25, 0.3) is 0 Å². The van der Waals surface area contributed by atoms with Crippen molar-refractivity contribution >= 4 is 17.3 Å². The zero-order valence-corrected chi connectivity index (χ0v) is 11.0. The van der Waals surface area contributed by atoms with Gasteiger partial charge < -0.3 is 9.84 Å². The van der Waals surface area contributed by atoms with Gasteiger partial charge in [-0.1, -0.05) is 12.1 Å². The minimum Gasteiger partial charge on any atom is -0.487 e. The Hall–Kier alpha value is -2.32. The Morgan fingerprint density at radius 2 is 2.26 bits per heavy atom. The third kappa shape index (κ3) is 3.12. The van der Waals surface area contributed by atoms with Crippen molar-refractivity contribution < 1.29 is 14.6 Å². The fourth-order valence-corrected chi connectivity index (χ4v) is 2.43. The first kappa shape index (κ1) is 13.1. The van der Waals surface area contributed by atoms with E-state index >= 15 is 0 Å². The molecule has 0 bridgehead atoms. The van der Waals surface area contributed by atoms with E-state index in [-0.39, 0.29) is 11.5 Å². The van der Waals surface area contributed by atoms with Gasteiger partial charge in [-0.3, -0.25) is 0 Å². The van der Waals surface area contributed by atoms with Crippen LogP contribution in [0.5, 0.6) is 5.75 Å². The van der Waals surface area contributed by atoms with Crippen LogP contribution in [0.4, 0.5) is 0 Å². The van der Waals surface area contributed by atoms with Gasteiger partial charge in [0.1, 0.15) is 12.4 Å². The minimum atomic E-state index is -0.987. The Bertz CT molecular complexity index is 655. The molecule has 5 heteroatoms. The smallest absolute Gasteiger partial charge is 0.349 e. The SMILES string of the molecule is Cc1cc(OCc2cccc(C#N)c2)c(C(=O)O)s1. The number of rotatable bonds is 4. The number of hydrogen-bond donors (Lipinski definition) is 1. The Morgan fingerprint density at radius 3 is 2.95 bits per heavy atom. The highest BCUT2D eigenvalue weighted by atomic mass is 32.1. The van der Waals surface area contributed by atoms with E-state index in [0.717, 1.165) is 10.4 Å². The molecule has 0 aliphatic heterocycles. The average molecular weight is 273 g/mol. The molecule has 0 aliphatic carbocycles. The van der Waals surface area contributed by atoms with E-state index in [0.29, 0.717) is 11.3 Å². The number of nitrogens with zero attached hydrogens (tertiary/aromatic N) is 1. The molecule has 0 aliphatic rings. The van der Waals surface area contributed by atoms with Gasteiger partial charge in [0.15, 0.2) is 4.88 Å². The lowest BCUT2D eigenvalue weighted by Gasteiger charge is -2.05. The molecular formula is C14H11NO3S. The molecule has 0 radical (unpaired) electrons. The van der Waals surface area contributed by atoms with Gasteiger partial charge in [-0.25, -0.2) is 4.79 Å². The largest absolute Gasteiger partial charge is 0.487 e. The zero-order chi connectivity index (χ0) is 13.8. The number of aryl methyl sites for hydroxylation is 1. The van der Waals surface area contributed by atoms with Crippen LogP contribution in [0.25, 0.3) is 0 Å². The summed E-state index contributed by atoms with van der Waals surface area (Å²) in [5.74, 6) is -0.615. The second kappa shape index (κ2) is 5.55. The van der Waals surface area contributed by atoms with Crippen LogP contribution in [0.3, 0.4) is 0 Å². The van der Waals surface area contributed by atoms with Crippen molar-refractivity contribution in [2.45, 2.75) is 13.5 Å². The number of benzene rings is 1. The summed E-state index contributed by atoms with van der Waals surface area (Å²) in [6.07, 6.45) is 0. The molecule has 0 saturated heterocycles. The van der Waals surface area contributed by atoms with Gasteiger partial charge in [0.2, 0.25) is 0 Å². The predicted molar refractivity (Wildman–Crippen MR) is 71.5 cm³/mol. The number of carboxylic acid groups (broad SMARTS) is 1. The number of nitriles is 1. The standard InChI is InChI=1S/C14H11NO3S/c1-9-5-12(13(19-9)14(16)17)18-8-11-4-2-3-10(6-11)7-15/h2-6H,8H2,1H3,(H,16,17). The van der Waals surface area contributed by atoms with E-state index in [4.69, 9.17) is 15.1 Å². The lowest BCUT2D eigenvalue weighted by molar-refractivity contribution is 0.0697. The Labute approximate surface area is 114 Å². The normalized spacial score (nSPS) is 9.89. The molecular weight excluding hydrogens is 262 g/mol. The highest BCUT2D eigenvalue weighted by Gasteiger charge is 2.15. The van der Waals surface area contributed by atoms with Gasteiger partial charge in [0.05, 0.1) is 11.6 Å². The van der Waals surface area contributed by atoms with Crippen LogP contribution in [0.2, 0.25) is 0 Å². The molecule has 1 aromatic carbocycles. The lowest BCUT2D eigenvalue weighted by Crippen LogP contribution is -2.00. The Morgan fingerprint density at radius 1 is 1.47 bits per heavy atom. The highest BCUT2D eigenvalue weighted by Crippen LogP contribution is 2.29. The molecule has 0 unspecified atom stereocenters. The van der Waals surface area contributed by atoms with Crippen molar-refractivity contribution in [2.75, 3.05) is 0 Å². The number of hydrogen-bond acceptors (Lipinski definition) is 4. The van der Waals surface area contributed by atoms with E-state index in [1.165, 1.54) is 11.3 Å². The molecule has 19 heavy (non-hydrogen) atoms. The van der Waals surface area contributed by atoms with Crippen LogP contribution in [0, 0.1) is 18.3 Å². The van der Waals surface area contributed by atoms with Gasteiger partial charge >= 0.3 is 5.97 Å². The van der Waals surface area contributed by atoms with E-state index in [1.54, 1.807) is 24.3 Å². The fraction of sp³-hybridized carbons (Fsp3) is 0.143. The number of carbonyl (C=O) groups is 1. The molecule has 0 fully saturated rings. The van der Waals surface area contributed by atoms with Crippen LogP contribution < -0.4 is 4.74 Å². The van der Waals surface area contributed by atoms with E-state index in [2.05, 4.69) is 6.07 Å². The fourth-order valence-electron chi connectivity index (χ4n) is 1.64. The first-order valence-electron chi connectivity index (χ1n) is 5.55. The summed E-state index contributed by atoms with van der Waals surface area (Å²) in [4.78, 5) is 12.1. The maximum absolute atomic E-state index is 11.0. The summed E-state index contributed by atoms with van der Waals surface area (Å²) in [7, 11) is 0. The van der Waals surface area contributed by atoms with Crippen LogP contribution in [-0.4, -0.2) is 11.1 Å². The quantitative estimate of drug-likeness (QED) is 0.928. The maximum atomic E-state index is 11.0. The summed E-state index contributed by atoms with van der Waals surface area (Å²) >= 11 is 1.19. The van der Waals surface area contributed by atoms with Gasteiger partial charge in [-0.15, -0.1) is 11.3 Å². The Kier molecular flexibility index (Phi) is 3.83. The van der Waals surface area contributed by atoms with Crippen LogP contribution in [0.15, 0.2) is 30.3 Å². The van der Waals surface area contributed by atoms with Crippen molar-refractivity contribution in [3.63, 3.8) is 0 Å². The molecule has 0 amide bonds. The van der Waals surface area contributed by atoms with E-state index in [1.807, 2.05) is 13.0 Å². The first-order chi connectivity index (χ1) is 9.10. The summed E-state index contributed by atoms with van der Waals surface area (Å²) in [6, 6.07) is 10.8. The second-order valence-corrected chi connectivity index (χ2v) is 5.21. The molecule has 2 rings (SSSR count). The maximum Gasteiger partial charge on any atom is 0.349 e. The van der Waals surface area contributed by atoms with Crippen LogP contribution in [-0.2, 0) is 6.61 Å². The Balaban J connectivity index is 2.14. The topological polar surface area (TPSA) is 70.3 Å². The molecule has 1 N–H and O–H groups in total. The second-order valence-electron chi connectivity index (χ2n) is 3.96. The lowest BCUT2D eigenvalue weighted by atomic mass is 10.1. The zero-order valence-electron chi connectivity index (χ0n) is 10.2. The van der Waals surface area contributed by atoms with Crippen molar-refractivity contribution in [1.82, 2.24) is 0 Å². The van der Waals surface area contributed by atoms with Gasteiger partial charge in [-0.05, 0) is 30.7 Å². The third-order valence-corrected chi connectivity index (χ3v) is 3.49. The summed E-state index contributed by atoms with van der Waals surface area (Å²) in [5.41, 5.74) is 1.39. The van der Waals surface area contributed by atoms with Crippen LogP contribution in [0.1, 0.15) is 25.7 Å². The molecule has 4 nitrogen and oxygen atoms in total. The third-order valence-electron chi connectivity index (χ3n) is 2.47. The van der Waals surface area contributed by atoms with Crippen LogP contribution >= 0.6 is 11.3 Å². The molecule has 1 heterocycles. The summed E-state index contributed by atoms with van der Waals surface area (Å²) in [5, 5.41) is 17.8. The average Bonchev–Trinajstić information content (AvgIpc) is 2.78.